The van der Waals surface area contributed by atoms with E-state index in [4.69, 9.17) is 0 Å². The summed E-state index contributed by atoms with van der Waals surface area (Å²) >= 11 is 0. The SMILES string of the molecule is O=C(NCc1cccnc1)c1cccc(S(=O)(=O)N2CCCc3ccccc32)c1. The van der Waals surface area contributed by atoms with Crippen LogP contribution in [0.15, 0.2) is 78.0 Å². The summed E-state index contributed by atoms with van der Waals surface area (Å²) in [6, 6.07) is 17.4. The van der Waals surface area contributed by atoms with Gasteiger partial charge in [-0.3, -0.25) is 14.1 Å². The van der Waals surface area contributed by atoms with Crippen molar-refractivity contribution in [2.75, 3.05) is 10.8 Å². The zero-order valence-electron chi connectivity index (χ0n) is 15.8. The second-order valence-corrected chi connectivity index (χ2v) is 8.74. The minimum absolute atomic E-state index is 0.114. The number of hydrogen-bond donors (Lipinski definition) is 1. The number of aryl methyl sites for hydroxylation is 1. The number of pyridine rings is 1. The Bertz CT molecular complexity index is 1130. The number of carbonyl (C=O) groups excluding carboxylic acids is 1. The van der Waals surface area contributed by atoms with Crippen molar-refractivity contribution in [2.45, 2.75) is 24.3 Å². The largest absolute Gasteiger partial charge is 0.348 e. The number of hydrogen-bond acceptors (Lipinski definition) is 4. The van der Waals surface area contributed by atoms with Gasteiger partial charge in [0.05, 0.1) is 10.6 Å². The summed E-state index contributed by atoms with van der Waals surface area (Å²) in [5, 5.41) is 2.80. The average Bonchev–Trinajstić information content (AvgIpc) is 2.78. The van der Waals surface area contributed by atoms with Gasteiger partial charge in [0.2, 0.25) is 0 Å². The molecule has 1 aromatic heterocycles. The summed E-state index contributed by atoms with van der Waals surface area (Å²) < 4.78 is 28.0. The zero-order valence-corrected chi connectivity index (χ0v) is 16.6. The Morgan fingerprint density at radius 2 is 1.93 bits per heavy atom. The van der Waals surface area contributed by atoms with Crippen LogP contribution in [-0.4, -0.2) is 25.9 Å². The van der Waals surface area contributed by atoms with Crippen molar-refractivity contribution >= 4 is 21.6 Å². The van der Waals surface area contributed by atoms with Crippen molar-refractivity contribution in [3.8, 4) is 0 Å². The summed E-state index contributed by atoms with van der Waals surface area (Å²) in [5.41, 5.74) is 2.91. The quantitative estimate of drug-likeness (QED) is 0.705. The van der Waals surface area contributed by atoms with Crippen molar-refractivity contribution in [1.29, 1.82) is 0 Å². The van der Waals surface area contributed by atoms with Crippen LogP contribution in [0.5, 0.6) is 0 Å². The predicted octanol–water partition coefficient (Wildman–Crippen LogP) is 3.15. The molecule has 0 spiro atoms. The smallest absolute Gasteiger partial charge is 0.264 e. The minimum Gasteiger partial charge on any atom is -0.348 e. The number of nitrogens with one attached hydrogen (secondary N) is 1. The molecule has 0 atom stereocenters. The molecular formula is C22H21N3O3S. The number of nitrogens with zero attached hydrogens (tertiary/aromatic N) is 2. The van der Waals surface area contributed by atoms with Gasteiger partial charge in [-0.05, 0) is 54.3 Å². The summed E-state index contributed by atoms with van der Waals surface area (Å²) in [7, 11) is -3.76. The highest BCUT2D eigenvalue weighted by atomic mass is 32.2. The van der Waals surface area contributed by atoms with E-state index in [1.165, 1.54) is 16.4 Å². The number of anilines is 1. The van der Waals surface area contributed by atoms with Gasteiger partial charge in [-0.1, -0.05) is 30.3 Å². The van der Waals surface area contributed by atoms with Gasteiger partial charge in [0, 0.05) is 31.0 Å². The summed E-state index contributed by atoms with van der Waals surface area (Å²) in [6.07, 6.45) is 4.97. The lowest BCUT2D eigenvalue weighted by molar-refractivity contribution is 0.0950. The van der Waals surface area contributed by atoms with E-state index in [2.05, 4.69) is 10.3 Å². The van der Waals surface area contributed by atoms with Crippen LogP contribution in [0, 0.1) is 0 Å². The molecule has 0 fully saturated rings. The monoisotopic (exact) mass is 407 g/mol. The molecule has 0 saturated carbocycles. The standard InChI is InChI=1S/C22H21N3O3S/c26-22(24-16-17-6-4-12-23-15-17)19-8-3-10-20(14-19)29(27,28)25-13-5-9-18-7-1-2-11-21(18)25/h1-4,6-8,10-12,14-15H,5,9,13,16H2,(H,24,26). The summed E-state index contributed by atoms with van der Waals surface area (Å²) in [6.45, 7) is 0.750. The molecule has 6 nitrogen and oxygen atoms in total. The first-order valence-electron chi connectivity index (χ1n) is 9.43. The number of aromatic nitrogens is 1. The fraction of sp³-hybridized carbons (Fsp3) is 0.182. The lowest BCUT2D eigenvalue weighted by Crippen LogP contribution is -2.35. The normalized spacial score (nSPS) is 13.6. The summed E-state index contributed by atoms with van der Waals surface area (Å²) in [4.78, 5) is 16.7. The van der Waals surface area contributed by atoms with E-state index in [9.17, 15) is 13.2 Å². The van der Waals surface area contributed by atoms with Crippen LogP contribution >= 0.6 is 0 Å². The molecule has 0 aliphatic carbocycles. The number of amides is 1. The first-order chi connectivity index (χ1) is 14.1. The molecule has 0 saturated heterocycles. The number of carbonyl (C=O) groups is 1. The fourth-order valence-corrected chi connectivity index (χ4v) is 5.05. The topological polar surface area (TPSA) is 79.4 Å². The summed E-state index contributed by atoms with van der Waals surface area (Å²) in [5.74, 6) is -0.329. The maximum absolute atomic E-state index is 13.3. The third-order valence-corrected chi connectivity index (χ3v) is 6.74. The predicted molar refractivity (Wildman–Crippen MR) is 111 cm³/mol. The molecule has 1 aliphatic heterocycles. The molecule has 0 bridgehead atoms. The molecule has 2 heterocycles. The molecular weight excluding hydrogens is 386 g/mol. The van der Waals surface area contributed by atoms with Gasteiger partial charge in [-0.25, -0.2) is 8.42 Å². The molecule has 148 valence electrons. The fourth-order valence-electron chi connectivity index (χ4n) is 3.46. The lowest BCUT2D eigenvalue weighted by Gasteiger charge is -2.30. The molecule has 3 aromatic rings. The van der Waals surface area contributed by atoms with Crippen molar-refractivity contribution in [1.82, 2.24) is 10.3 Å². The Balaban J connectivity index is 1.57. The molecule has 1 aliphatic rings. The number of rotatable bonds is 5. The molecule has 7 heteroatoms. The molecule has 2 aromatic carbocycles. The van der Waals surface area contributed by atoms with Gasteiger partial charge in [0.25, 0.3) is 15.9 Å². The highest BCUT2D eigenvalue weighted by Gasteiger charge is 2.29. The lowest BCUT2D eigenvalue weighted by atomic mass is 10.0. The van der Waals surface area contributed by atoms with E-state index in [1.807, 2.05) is 30.3 Å². The second-order valence-electron chi connectivity index (χ2n) is 6.88. The van der Waals surface area contributed by atoms with E-state index >= 15 is 0 Å². The van der Waals surface area contributed by atoms with Crippen LogP contribution < -0.4 is 9.62 Å². The maximum Gasteiger partial charge on any atom is 0.264 e. The number of para-hydroxylation sites is 1. The number of benzene rings is 2. The van der Waals surface area contributed by atoms with E-state index in [0.717, 1.165) is 24.0 Å². The van der Waals surface area contributed by atoms with Gasteiger partial charge >= 0.3 is 0 Å². The Morgan fingerprint density at radius 3 is 2.76 bits per heavy atom. The zero-order chi connectivity index (χ0) is 20.3. The van der Waals surface area contributed by atoms with Crippen LogP contribution in [0.2, 0.25) is 0 Å². The van der Waals surface area contributed by atoms with E-state index < -0.39 is 10.0 Å². The van der Waals surface area contributed by atoms with Crippen molar-refractivity contribution in [3.63, 3.8) is 0 Å². The Hall–Kier alpha value is -3.19. The van der Waals surface area contributed by atoms with Crippen LogP contribution in [0.3, 0.4) is 0 Å². The van der Waals surface area contributed by atoms with E-state index in [1.54, 1.807) is 30.6 Å². The number of fused-ring (bicyclic) bond motifs is 1. The molecule has 0 radical (unpaired) electrons. The van der Waals surface area contributed by atoms with Crippen LogP contribution in [0.4, 0.5) is 5.69 Å². The van der Waals surface area contributed by atoms with E-state index in [-0.39, 0.29) is 10.8 Å². The van der Waals surface area contributed by atoms with Gasteiger partial charge in [-0.15, -0.1) is 0 Å². The first-order valence-corrected chi connectivity index (χ1v) is 10.9. The van der Waals surface area contributed by atoms with Crippen LogP contribution in [0.25, 0.3) is 0 Å². The molecule has 0 unspecified atom stereocenters. The molecule has 4 rings (SSSR count). The van der Waals surface area contributed by atoms with Crippen LogP contribution in [-0.2, 0) is 23.0 Å². The Morgan fingerprint density at radius 1 is 1.07 bits per heavy atom. The molecule has 1 N–H and O–H groups in total. The molecule has 29 heavy (non-hydrogen) atoms. The third-order valence-electron chi connectivity index (χ3n) is 4.93. The van der Waals surface area contributed by atoms with Crippen molar-refractivity contribution < 1.29 is 13.2 Å². The average molecular weight is 407 g/mol. The maximum atomic E-state index is 13.3. The third kappa shape index (κ3) is 4.00. The second kappa shape index (κ2) is 8.05. The van der Waals surface area contributed by atoms with Crippen molar-refractivity contribution in [2.24, 2.45) is 0 Å². The van der Waals surface area contributed by atoms with Crippen molar-refractivity contribution in [3.05, 3.63) is 89.7 Å². The van der Waals surface area contributed by atoms with Gasteiger partial charge < -0.3 is 5.32 Å². The molecule has 1 amide bonds. The Kier molecular flexibility index (Phi) is 5.31. The highest BCUT2D eigenvalue weighted by Crippen LogP contribution is 2.31. The van der Waals surface area contributed by atoms with Gasteiger partial charge in [0.1, 0.15) is 0 Å². The van der Waals surface area contributed by atoms with Gasteiger partial charge in [0.15, 0.2) is 0 Å². The highest BCUT2D eigenvalue weighted by molar-refractivity contribution is 7.92. The van der Waals surface area contributed by atoms with Crippen LogP contribution in [0.1, 0.15) is 27.9 Å². The minimum atomic E-state index is -3.76. The first kappa shape index (κ1) is 19.1. The van der Waals surface area contributed by atoms with Gasteiger partial charge in [-0.2, -0.15) is 0 Å². The van der Waals surface area contributed by atoms with E-state index in [0.29, 0.717) is 24.3 Å². The number of sulfonamides is 1. The Labute approximate surface area is 170 Å².